The Morgan fingerprint density at radius 2 is 1.77 bits per heavy atom. The molecule has 11 heteroatoms. The molecule has 0 saturated carbocycles. The van der Waals surface area contributed by atoms with Gasteiger partial charge in [0.2, 0.25) is 0 Å². The molecule has 1 atom stereocenters. The molecule has 0 aliphatic carbocycles. The second-order valence-corrected chi connectivity index (χ2v) is 9.72. The summed E-state index contributed by atoms with van der Waals surface area (Å²) >= 11 is 0. The maximum absolute atomic E-state index is 12.6. The molecule has 4 rings (SSSR count). The van der Waals surface area contributed by atoms with Crippen molar-refractivity contribution in [1.82, 2.24) is 24.7 Å². The molecule has 0 aromatic carbocycles. The largest absolute Gasteiger partial charge is 0.455 e. The fourth-order valence-electron chi connectivity index (χ4n) is 4.07. The van der Waals surface area contributed by atoms with Crippen molar-refractivity contribution in [3.63, 3.8) is 0 Å². The number of hydrogen-bond acceptors (Lipinski definition) is 7. The number of nitrogens with one attached hydrogen (secondary N) is 2. The fourth-order valence-corrected chi connectivity index (χ4v) is 4.07. The van der Waals surface area contributed by atoms with Crippen LogP contribution in [0.4, 0.5) is 21.2 Å². The van der Waals surface area contributed by atoms with Gasteiger partial charge in [0.1, 0.15) is 29.4 Å². The van der Waals surface area contributed by atoms with E-state index in [4.69, 9.17) is 4.74 Å². The van der Waals surface area contributed by atoms with E-state index in [1.54, 1.807) is 42.3 Å². The van der Waals surface area contributed by atoms with Crippen LogP contribution in [0.25, 0.3) is 0 Å². The summed E-state index contributed by atoms with van der Waals surface area (Å²) in [6.07, 6.45) is 1.45. The SMILES string of the molecule is Cc1nc(NC(=O)N2CCC(C)(C)C2O)ccc1Oc1ccnc(NC(=O)N2CCN(C)CC2)c1. The highest BCUT2D eigenvalue weighted by Crippen LogP contribution is 2.34. The van der Waals surface area contributed by atoms with Crippen molar-refractivity contribution in [2.45, 2.75) is 33.4 Å². The van der Waals surface area contributed by atoms with Gasteiger partial charge in [0.05, 0.1) is 5.69 Å². The number of likely N-dealkylation sites (tertiary alicyclic amines) is 1. The van der Waals surface area contributed by atoms with E-state index in [9.17, 15) is 14.7 Å². The number of aliphatic hydroxyl groups excluding tert-OH is 1. The molecule has 4 heterocycles. The van der Waals surface area contributed by atoms with Crippen LogP contribution in [0.1, 0.15) is 26.0 Å². The van der Waals surface area contributed by atoms with Gasteiger partial charge in [-0.15, -0.1) is 0 Å². The van der Waals surface area contributed by atoms with E-state index in [-0.39, 0.29) is 11.4 Å². The summed E-state index contributed by atoms with van der Waals surface area (Å²) in [5.41, 5.74) is 0.232. The first kappa shape index (κ1) is 24.7. The lowest BCUT2D eigenvalue weighted by Gasteiger charge is -2.32. The number of piperazine rings is 1. The Morgan fingerprint density at radius 3 is 2.43 bits per heavy atom. The first-order chi connectivity index (χ1) is 16.6. The maximum atomic E-state index is 12.6. The van der Waals surface area contributed by atoms with Crippen molar-refractivity contribution in [2.24, 2.45) is 5.41 Å². The number of anilines is 2. The summed E-state index contributed by atoms with van der Waals surface area (Å²) in [6, 6.07) is 6.12. The van der Waals surface area contributed by atoms with Crippen LogP contribution in [0, 0.1) is 12.3 Å². The van der Waals surface area contributed by atoms with Crippen LogP contribution in [-0.4, -0.2) is 87.8 Å². The Bertz CT molecular complexity index is 1090. The number of aromatic nitrogens is 2. The van der Waals surface area contributed by atoms with E-state index in [0.29, 0.717) is 48.5 Å². The van der Waals surface area contributed by atoms with E-state index >= 15 is 0 Å². The van der Waals surface area contributed by atoms with Crippen molar-refractivity contribution in [1.29, 1.82) is 0 Å². The number of nitrogens with zero attached hydrogens (tertiary/aromatic N) is 5. The zero-order valence-electron chi connectivity index (χ0n) is 20.6. The molecule has 4 amide bonds. The van der Waals surface area contributed by atoms with Gasteiger partial charge < -0.3 is 19.6 Å². The van der Waals surface area contributed by atoms with E-state index in [1.807, 2.05) is 20.9 Å². The molecule has 1 unspecified atom stereocenters. The molecule has 2 aromatic rings. The third kappa shape index (κ3) is 5.80. The third-order valence-electron chi connectivity index (χ3n) is 6.51. The van der Waals surface area contributed by atoms with Gasteiger partial charge in [-0.1, -0.05) is 13.8 Å². The number of urea groups is 2. The van der Waals surface area contributed by atoms with E-state index in [0.717, 1.165) is 19.5 Å². The molecule has 2 aliphatic heterocycles. The monoisotopic (exact) mass is 483 g/mol. The highest BCUT2D eigenvalue weighted by Gasteiger charge is 2.41. The van der Waals surface area contributed by atoms with Crippen molar-refractivity contribution >= 4 is 23.7 Å². The molecular weight excluding hydrogens is 450 g/mol. The fraction of sp³-hybridized carbons (Fsp3) is 0.500. The number of likely N-dealkylation sites (N-methyl/N-ethyl adjacent to an activating group) is 1. The van der Waals surface area contributed by atoms with Gasteiger partial charge in [-0.25, -0.2) is 19.6 Å². The zero-order chi connectivity index (χ0) is 25.2. The lowest BCUT2D eigenvalue weighted by molar-refractivity contribution is -0.00118. The van der Waals surface area contributed by atoms with Crippen molar-refractivity contribution in [3.05, 3.63) is 36.2 Å². The molecule has 0 bridgehead atoms. The Kier molecular flexibility index (Phi) is 7.08. The number of ether oxygens (including phenoxy) is 1. The average Bonchev–Trinajstić information content (AvgIpc) is 3.09. The molecule has 2 aliphatic rings. The summed E-state index contributed by atoms with van der Waals surface area (Å²) in [5.74, 6) is 1.77. The standard InChI is InChI=1S/C24H33N7O4/c1-16-18(5-6-19(26-16)27-23(34)31-10-8-24(2,3)21(31)32)35-17-7-9-25-20(15-17)28-22(33)30-13-11-29(4)12-14-30/h5-7,9,15,21,32H,8,10-14H2,1-4H3,(H,25,28,33)(H,26,27,34). The molecule has 11 nitrogen and oxygen atoms in total. The lowest BCUT2D eigenvalue weighted by Crippen LogP contribution is -2.48. The Morgan fingerprint density at radius 1 is 1.06 bits per heavy atom. The smallest absolute Gasteiger partial charge is 0.325 e. The summed E-state index contributed by atoms with van der Waals surface area (Å²) < 4.78 is 5.96. The predicted octanol–water partition coefficient (Wildman–Crippen LogP) is 2.94. The molecule has 35 heavy (non-hydrogen) atoms. The quantitative estimate of drug-likeness (QED) is 0.611. The van der Waals surface area contributed by atoms with E-state index < -0.39 is 12.3 Å². The maximum Gasteiger partial charge on any atom is 0.325 e. The third-order valence-corrected chi connectivity index (χ3v) is 6.51. The van der Waals surface area contributed by atoms with Gasteiger partial charge in [0.25, 0.3) is 0 Å². The molecular formula is C24H33N7O4. The van der Waals surface area contributed by atoms with Crippen LogP contribution in [0.3, 0.4) is 0 Å². The number of carbonyl (C=O) groups is 2. The summed E-state index contributed by atoms with van der Waals surface area (Å²) in [7, 11) is 2.04. The first-order valence-corrected chi connectivity index (χ1v) is 11.7. The van der Waals surface area contributed by atoms with E-state index in [2.05, 4.69) is 25.5 Å². The number of aliphatic hydroxyl groups is 1. The lowest BCUT2D eigenvalue weighted by atomic mass is 9.91. The van der Waals surface area contributed by atoms with Gasteiger partial charge >= 0.3 is 12.1 Å². The molecule has 2 aromatic heterocycles. The topological polar surface area (TPSA) is 123 Å². The van der Waals surface area contributed by atoms with Gasteiger partial charge in [0.15, 0.2) is 0 Å². The molecule has 3 N–H and O–H groups in total. The Labute approximate surface area is 205 Å². The Balaban J connectivity index is 1.36. The second kappa shape index (κ2) is 10.0. The summed E-state index contributed by atoms with van der Waals surface area (Å²) in [6.45, 7) is 9.13. The highest BCUT2D eigenvalue weighted by molar-refractivity contribution is 5.89. The van der Waals surface area contributed by atoms with Gasteiger partial charge in [-0.2, -0.15) is 0 Å². The molecule has 2 fully saturated rings. The van der Waals surface area contributed by atoms with Crippen LogP contribution in [0.15, 0.2) is 30.5 Å². The highest BCUT2D eigenvalue weighted by atomic mass is 16.5. The molecule has 0 radical (unpaired) electrons. The predicted molar refractivity (Wildman–Crippen MR) is 132 cm³/mol. The van der Waals surface area contributed by atoms with Crippen molar-refractivity contribution < 1.29 is 19.4 Å². The van der Waals surface area contributed by atoms with Crippen LogP contribution in [0.2, 0.25) is 0 Å². The number of pyridine rings is 2. The van der Waals surface area contributed by atoms with Crippen LogP contribution < -0.4 is 15.4 Å². The van der Waals surface area contributed by atoms with E-state index in [1.165, 1.54) is 4.90 Å². The minimum Gasteiger partial charge on any atom is -0.455 e. The minimum atomic E-state index is -0.844. The van der Waals surface area contributed by atoms with Gasteiger partial charge in [-0.3, -0.25) is 15.5 Å². The summed E-state index contributed by atoms with van der Waals surface area (Å²) in [5, 5.41) is 15.9. The minimum absolute atomic E-state index is 0.188. The Hall–Kier alpha value is -3.44. The summed E-state index contributed by atoms with van der Waals surface area (Å²) in [4.78, 5) is 39.1. The molecule has 188 valence electrons. The second-order valence-electron chi connectivity index (χ2n) is 9.72. The van der Waals surface area contributed by atoms with Gasteiger partial charge in [-0.05, 0) is 38.6 Å². The van der Waals surface area contributed by atoms with Crippen molar-refractivity contribution in [2.75, 3.05) is 50.4 Å². The molecule has 2 saturated heterocycles. The average molecular weight is 484 g/mol. The van der Waals surface area contributed by atoms with Crippen LogP contribution in [-0.2, 0) is 0 Å². The van der Waals surface area contributed by atoms with Crippen molar-refractivity contribution in [3.8, 4) is 11.5 Å². The number of rotatable bonds is 4. The number of amides is 4. The van der Waals surface area contributed by atoms with Gasteiger partial charge in [0, 0.05) is 50.4 Å². The zero-order valence-corrected chi connectivity index (χ0v) is 20.6. The van der Waals surface area contributed by atoms with Crippen LogP contribution >= 0.6 is 0 Å². The number of aryl methyl sites for hydroxylation is 1. The number of carbonyl (C=O) groups excluding carboxylic acids is 2. The van der Waals surface area contributed by atoms with Crippen LogP contribution in [0.5, 0.6) is 11.5 Å². The normalized spacial score (nSPS) is 20.0. The molecule has 0 spiro atoms. The number of hydrogen-bond donors (Lipinski definition) is 3. The first-order valence-electron chi connectivity index (χ1n) is 11.7.